The number of amides is 1. The maximum atomic E-state index is 12.1. The van der Waals surface area contributed by atoms with Gasteiger partial charge in [-0.3, -0.25) is 4.79 Å². The molecule has 0 unspecified atom stereocenters. The number of nitrogens with one attached hydrogen (secondary N) is 1. The van der Waals surface area contributed by atoms with E-state index in [9.17, 15) is 4.79 Å². The second kappa shape index (κ2) is 6.95. The maximum Gasteiger partial charge on any atom is 0.288 e. The number of benzene rings is 2. The van der Waals surface area contributed by atoms with Gasteiger partial charge in [-0.05, 0) is 47.0 Å². The van der Waals surface area contributed by atoms with E-state index in [4.69, 9.17) is 23.2 Å². The standard InChI is InChI=1S/C17H17Cl2NOS/c1-17(2,3)11-7-9-12(10-8-11)22-16(21)20-14-6-4-5-13(18)15(14)19/h4-10H,1-3H3,(H,20,21). The summed E-state index contributed by atoms with van der Waals surface area (Å²) in [6, 6.07) is 13.1. The smallest absolute Gasteiger partial charge is 0.288 e. The number of thioether (sulfide) groups is 1. The monoisotopic (exact) mass is 353 g/mol. The number of hydrogen-bond acceptors (Lipinski definition) is 2. The number of hydrogen-bond donors (Lipinski definition) is 1. The highest BCUT2D eigenvalue weighted by Crippen LogP contribution is 2.31. The molecule has 0 radical (unpaired) electrons. The zero-order chi connectivity index (χ0) is 16.3. The third-order valence-corrected chi connectivity index (χ3v) is 4.73. The van der Waals surface area contributed by atoms with E-state index < -0.39 is 0 Å². The first-order chi connectivity index (χ1) is 10.3. The lowest BCUT2D eigenvalue weighted by Crippen LogP contribution is -2.10. The third kappa shape index (κ3) is 4.42. The molecule has 22 heavy (non-hydrogen) atoms. The molecule has 0 saturated heterocycles. The summed E-state index contributed by atoms with van der Waals surface area (Å²) in [7, 11) is 0. The van der Waals surface area contributed by atoms with Crippen molar-refractivity contribution in [2.24, 2.45) is 0 Å². The average Bonchev–Trinajstić information content (AvgIpc) is 2.43. The highest BCUT2D eigenvalue weighted by atomic mass is 35.5. The Balaban J connectivity index is 2.05. The Morgan fingerprint density at radius 1 is 1.05 bits per heavy atom. The van der Waals surface area contributed by atoms with Gasteiger partial charge < -0.3 is 5.32 Å². The van der Waals surface area contributed by atoms with E-state index in [-0.39, 0.29) is 10.7 Å². The molecule has 1 N–H and O–H groups in total. The van der Waals surface area contributed by atoms with E-state index in [2.05, 4.69) is 26.1 Å². The molecule has 0 saturated carbocycles. The summed E-state index contributed by atoms with van der Waals surface area (Å²) in [5, 5.41) is 3.31. The summed E-state index contributed by atoms with van der Waals surface area (Å²) >= 11 is 13.1. The van der Waals surface area contributed by atoms with Gasteiger partial charge >= 0.3 is 0 Å². The predicted octanol–water partition coefficient (Wildman–Crippen LogP) is 6.62. The Labute approximate surface area is 145 Å². The van der Waals surface area contributed by atoms with Gasteiger partial charge in [0.2, 0.25) is 0 Å². The number of carbonyl (C=O) groups excluding carboxylic acids is 1. The van der Waals surface area contributed by atoms with Gasteiger partial charge in [0.25, 0.3) is 5.24 Å². The van der Waals surface area contributed by atoms with Crippen molar-refractivity contribution < 1.29 is 4.79 Å². The van der Waals surface area contributed by atoms with Gasteiger partial charge in [0.05, 0.1) is 15.7 Å². The Morgan fingerprint density at radius 2 is 1.68 bits per heavy atom. The van der Waals surface area contributed by atoms with Crippen LogP contribution in [0.1, 0.15) is 26.3 Å². The average molecular weight is 354 g/mol. The lowest BCUT2D eigenvalue weighted by molar-refractivity contribution is 0.270. The van der Waals surface area contributed by atoms with Gasteiger partial charge in [0, 0.05) is 4.90 Å². The maximum absolute atomic E-state index is 12.1. The minimum absolute atomic E-state index is 0.0970. The molecule has 0 aromatic heterocycles. The van der Waals surface area contributed by atoms with Crippen LogP contribution in [0.4, 0.5) is 10.5 Å². The fourth-order valence-electron chi connectivity index (χ4n) is 1.87. The topological polar surface area (TPSA) is 29.1 Å². The second-order valence-electron chi connectivity index (χ2n) is 5.89. The van der Waals surface area contributed by atoms with Gasteiger partial charge in [-0.1, -0.05) is 62.2 Å². The molecular weight excluding hydrogens is 337 g/mol. The summed E-state index contributed by atoms with van der Waals surface area (Å²) in [6.45, 7) is 6.47. The summed E-state index contributed by atoms with van der Waals surface area (Å²) in [5.74, 6) is 0. The van der Waals surface area contributed by atoms with Crippen LogP contribution >= 0.6 is 35.0 Å². The van der Waals surface area contributed by atoms with Gasteiger partial charge in [0.15, 0.2) is 0 Å². The normalized spacial score (nSPS) is 11.3. The van der Waals surface area contributed by atoms with Crippen molar-refractivity contribution in [1.82, 2.24) is 0 Å². The lowest BCUT2D eigenvalue weighted by atomic mass is 9.87. The number of halogens is 2. The molecule has 2 nitrogen and oxygen atoms in total. The summed E-state index contributed by atoms with van der Waals surface area (Å²) in [6.07, 6.45) is 0. The second-order valence-corrected chi connectivity index (χ2v) is 7.72. The minimum Gasteiger partial charge on any atom is -0.315 e. The van der Waals surface area contributed by atoms with Crippen molar-refractivity contribution >= 4 is 45.9 Å². The molecule has 0 aliphatic carbocycles. The summed E-state index contributed by atoms with van der Waals surface area (Å²) in [4.78, 5) is 13.0. The van der Waals surface area contributed by atoms with Crippen molar-refractivity contribution in [1.29, 1.82) is 0 Å². The third-order valence-electron chi connectivity index (χ3n) is 3.12. The van der Waals surface area contributed by atoms with Crippen molar-refractivity contribution in [3.63, 3.8) is 0 Å². The Hall–Kier alpha value is -1.16. The van der Waals surface area contributed by atoms with E-state index in [0.29, 0.717) is 15.7 Å². The SMILES string of the molecule is CC(C)(C)c1ccc(SC(=O)Nc2cccc(Cl)c2Cl)cc1. The minimum atomic E-state index is -0.201. The first-order valence-corrected chi connectivity index (χ1v) is 8.38. The van der Waals surface area contributed by atoms with Crippen molar-refractivity contribution in [3.05, 3.63) is 58.1 Å². The molecule has 0 spiro atoms. The van der Waals surface area contributed by atoms with Crippen LogP contribution in [0, 0.1) is 0 Å². The Bertz CT molecular complexity index is 678. The van der Waals surface area contributed by atoms with Crippen LogP contribution in [0.15, 0.2) is 47.4 Å². The molecule has 0 aliphatic heterocycles. The molecule has 0 heterocycles. The van der Waals surface area contributed by atoms with E-state index in [1.807, 2.05) is 24.3 Å². The fourth-order valence-corrected chi connectivity index (χ4v) is 2.86. The van der Waals surface area contributed by atoms with Crippen LogP contribution in [0.3, 0.4) is 0 Å². The van der Waals surface area contributed by atoms with E-state index in [1.54, 1.807) is 18.2 Å². The zero-order valence-electron chi connectivity index (χ0n) is 12.6. The van der Waals surface area contributed by atoms with Crippen LogP contribution in [0.2, 0.25) is 10.0 Å². The molecule has 2 rings (SSSR count). The molecule has 0 atom stereocenters. The fraction of sp³-hybridized carbons (Fsp3) is 0.235. The quantitative estimate of drug-likeness (QED) is 0.615. The van der Waals surface area contributed by atoms with Gasteiger partial charge in [-0.25, -0.2) is 0 Å². The van der Waals surface area contributed by atoms with Crippen LogP contribution in [-0.2, 0) is 5.41 Å². The largest absolute Gasteiger partial charge is 0.315 e. The molecule has 0 fully saturated rings. The molecule has 5 heteroatoms. The number of anilines is 1. The van der Waals surface area contributed by atoms with Crippen LogP contribution in [0.5, 0.6) is 0 Å². The van der Waals surface area contributed by atoms with E-state index in [1.165, 1.54) is 5.56 Å². The predicted molar refractivity (Wildman–Crippen MR) is 96.5 cm³/mol. The molecule has 1 amide bonds. The Kier molecular flexibility index (Phi) is 5.43. The number of rotatable bonds is 2. The number of carbonyl (C=O) groups is 1. The van der Waals surface area contributed by atoms with Crippen LogP contribution in [0.25, 0.3) is 0 Å². The van der Waals surface area contributed by atoms with Gasteiger partial charge in [-0.2, -0.15) is 0 Å². The molecule has 2 aromatic rings. The Morgan fingerprint density at radius 3 is 2.27 bits per heavy atom. The van der Waals surface area contributed by atoms with Crippen molar-refractivity contribution in [2.75, 3.05) is 5.32 Å². The van der Waals surface area contributed by atoms with Gasteiger partial charge in [0.1, 0.15) is 0 Å². The van der Waals surface area contributed by atoms with E-state index in [0.717, 1.165) is 16.7 Å². The van der Waals surface area contributed by atoms with Crippen molar-refractivity contribution in [2.45, 2.75) is 31.1 Å². The van der Waals surface area contributed by atoms with E-state index >= 15 is 0 Å². The molecule has 2 aromatic carbocycles. The highest BCUT2D eigenvalue weighted by molar-refractivity contribution is 8.13. The van der Waals surface area contributed by atoms with Crippen LogP contribution < -0.4 is 5.32 Å². The molecule has 0 aliphatic rings. The summed E-state index contributed by atoms with van der Waals surface area (Å²) < 4.78 is 0. The lowest BCUT2D eigenvalue weighted by Gasteiger charge is -2.19. The van der Waals surface area contributed by atoms with Crippen LogP contribution in [-0.4, -0.2) is 5.24 Å². The first kappa shape index (κ1) is 17.2. The van der Waals surface area contributed by atoms with Gasteiger partial charge in [-0.15, -0.1) is 0 Å². The molecule has 116 valence electrons. The molecule has 0 bridgehead atoms. The zero-order valence-corrected chi connectivity index (χ0v) is 14.9. The van der Waals surface area contributed by atoms with Crippen molar-refractivity contribution in [3.8, 4) is 0 Å². The highest BCUT2D eigenvalue weighted by Gasteiger charge is 2.14. The first-order valence-electron chi connectivity index (χ1n) is 6.81. The summed E-state index contributed by atoms with van der Waals surface area (Å²) in [5.41, 5.74) is 1.84. The molecular formula is C17H17Cl2NOS.